The molecule has 2 N–H and O–H groups in total. The predicted octanol–water partition coefficient (Wildman–Crippen LogP) is 7.00. The van der Waals surface area contributed by atoms with Gasteiger partial charge in [0.05, 0.1) is 16.5 Å². The number of nitrogens with one attached hydrogen (secondary N) is 2. The monoisotopic (exact) mass is 472 g/mol. The van der Waals surface area contributed by atoms with Crippen molar-refractivity contribution >= 4 is 46.6 Å². The maximum Gasteiger partial charge on any atom is 0.418 e. The van der Waals surface area contributed by atoms with Crippen molar-refractivity contribution in [2.45, 2.75) is 55.9 Å². The third kappa shape index (κ3) is 7.78. The summed E-state index contributed by atoms with van der Waals surface area (Å²) in [5.74, 6) is -0.631. The highest BCUT2D eigenvalue weighted by Gasteiger charge is 2.34. The molecule has 2 rings (SSSR count). The van der Waals surface area contributed by atoms with Crippen LogP contribution in [0.25, 0.3) is 0 Å². The van der Waals surface area contributed by atoms with E-state index in [9.17, 15) is 22.8 Å². The number of benzene rings is 2. The first-order valence-corrected chi connectivity index (χ1v) is 11.1. The Morgan fingerprint density at radius 2 is 1.84 bits per heavy atom. The fourth-order valence-corrected chi connectivity index (χ4v) is 3.95. The van der Waals surface area contributed by atoms with Crippen molar-refractivity contribution in [1.82, 2.24) is 0 Å². The van der Waals surface area contributed by atoms with Gasteiger partial charge in [0, 0.05) is 22.0 Å². The molecule has 4 nitrogen and oxygen atoms in total. The van der Waals surface area contributed by atoms with Gasteiger partial charge in [0.1, 0.15) is 0 Å². The molecule has 0 aliphatic heterocycles. The number of alkyl halides is 3. The van der Waals surface area contributed by atoms with Crippen molar-refractivity contribution in [2.75, 3.05) is 10.6 Å². The van der Waals surface area contributed by atoms with Crippen LogP contribution in [0.4, 0.5) is 24.5 Å². The summed E-state index contributed by atoms with van der Waals surface area (Å²) in [6, 6.07) is 10.3. The number of rotatable bonds is 9. The van der Waals surface area contributed by atoms with Gasteiger partial charge in [0.25, 0.3) is 0 Å². The van der Waals surface area contributed by atoms with Crippen LogP contribution in [0.15, 0.2) is 47.4 Å². The average molecular weight is 473 g/mol. The van der Waals surface area contributed by atoms with Crippen LogP contribution in [-0.4, -0.2) is 17.1 Å². The van der Waals surface area contributed by atoms with Crippen LogP contribution < -0.4 is 10.6 Å². The molecule has 0 fully saturated rings. The maximum atomic E-state index is 13.3. The number of carbonyl (C=O) groups is 2. The van der Waals surface area contributed by atoms with Crippen LogP contribution in [-0.2, 0) is 15.8 Å². The summed E-state index contributed by atoms with van der Waals surface area (Å²) in [6.07, 6.45) is -2.11. The Morgan fingerprint density at radius 3 is 2.48 bits per heavy atom. The molecule has 0 saturated carbocycles. The summed E-state index contributed by atoms with van der Waals surface area (Å²) >= 11 is 6.91. The second-order valence-electron chi connectivity index (χ2n) is 6.87. The van der Waals surface area contributed by atoms with E-state index in [-0.39, 0.29) is 16.6 Å². The second-order valence-corrected chi connectivity index (χ2v) is 8.58. The molecular weight excluding hydrogens is 449 g/mol. The number of unbranched alkanes of at least 4 members (excludes halogenated alkanes) is 1. The zero-order valence-electron chi connectivity index (χ0n) is 17.2. The van der Waals surface area contributed by atoms with Crippen molar-refractivity contribution in [1.29, 1.82) is 0 Å². The molecule has 0 aliphatic rings. The zero-order chi connectivity index (χ0) is 23.0. The summed E-state index contributed by atoms with van der Waals surface area (Å²) in [6.45, 7) is 3.78. The lowest BCUT2D eigenvalue weighted by Crippen LogP contribution is -2.26. The number of halogens is 4. The van der Waals surface area contributed by atoms with Gasteiger partial charge >= 0.3 is 6.18 Å². The highest BCUT2D eigenvalue weighted by molar-refractivity contribution is 8.00. The molecule has 31 heavy (non-hydrogen) atoms. The van der Waals surface area contributed by atoms with E-state index in [1.165, 1.54) is 17.8 Å². The highest BCUT2D eigenvalue weighted by Crippen LogP contribution is 2.37. The molecule has 168 valence electrons. The summed E-state index contributed by atoms with van der Waals surface area (Å²) < 4.78 is 39.9. The lowest BCUT2D eigenvalue weighted by Gasteiger charge is -2.18. The third-order valence-electron chi connectivity index (χ3n) is 4.36. The number of amides is 2. The molecule has 0 aromatic heterocycles. The summed E-state index contributed by atoms with van der Waals surface area (Å²) in [7, 11) is 0. The van der Waals surface area contributed by atoms with Gasteiger partial charge in [0.2, 0.25) is 11.8 Å². The maximum absolute atomic E-state index is 13.3. The molecular formula is C22H24ClF3N2O2S. The molecule has 1 unspecified atom stereocenters. The Hall–Kier alpha value is -2.19. The second kappa shape index (κ2) is 11.4. The Bertz CT molecular complexity index is 922. The van der Waals surface area contributed by atoms with Crippen molar-refractivity contribution in [3.05, 3.63) is 53.1 Å². The van der Waals surface area contributed by atoms with E-state index in [0.29, 0.717) is 18.5 Å². The molecule has 2 aromatic rings. The molecule has 0 spiro atoms. The Kier molecular flexibility index (Phi) is 9.25. The molecule has 2 amide bonds. The Balaban J connectivity index is 2.11. The topological polar surface area (TPSA) is 58.2 Å². The summed E-state index contributed by atoms with van der Waals surface area (Å²) in [5, 5.41) is 4.51. The zero-order valence-corrected chi connectivity index (χ0v) is 18.8. The van der Waals surface area contributed by atoms with E-state index in [2.05, 4.69) is 10.6 Å². The van der Waals surface area contributed by atoms with Crippen molar-refractivity contribution in [3.63, 3.8) is 0 Å². The number of hydrogen-bond donors (Lipinski definition) is 2. The molecule has 0 aliphatic carbocycles. The SMILES string of the molecule is CCCCC(=O)Nc1cccc(SC(CC)C(=O)Nc2ccc(Cl)cc2C(F)(F)F)c1. The Labute approximate surface area is 188 Å². The van der Waals surface area contributed by atoms with E-state index in [0.717, 1.165) is 29.9 Å². The van der Waals surface area contributed by atoms with E-state index >= 15 is 0 Å². The lowest BCUT2D eigenvalue weighted by molar-refractivity contribution is -0.137. The van der Waals surface area contributed by atoms with Gasteiger partial charge in [-0.1, -0.05) is 37.9 Å². The molecule has 0 heterocycles. The van der Waals surface area contributed by atoms with Crippen LogP contribution in [0.3, 0.4) is 0 Å². The standard InChI is InChI=1S/C22H24ClF3N2O2S/c1-3-5-9-20(29)27-15-7-6-8-16(13-15)31-19(4-2)21(30)28-18-11-10-14(23)12-17(18)22(24,25)26/h6-8,10-13,19H,3-5,9H2,1-2H3,(H,27,29)(H,28,30). The molecule has 0 radical (unpaired) electrons. The minimum Gasteiger partial charge on any atom is -0.326 e. The fraction of sp³-hybridized carbons (Fsp3) is 0.364. The van der Waals surface area contributed by atoms with E-state index in [1.54, 1.807) is 31.2 Å². The summed E-state index contributed by atoms with van der Waals surface area (Å²) in [4.78, 5) is 25.3. The van der Waals surface area contributed by atoms with Crippen LogP contribution >= 0.6 is 23.4 Å². The largest absolute Gasteiger partial charge is 0.418 e. The van der Waals surface area contributed by atoms with Crippen LogP contribution in [0.2, 0.25) is 5.02 Å². The van der Waals surface area contributed by atoms with Crippen LogP contribution in [0.1, 0.15) is 45.1 Å². The first-order chi connectivity index (χ1) is 14.6. The van der Waals surface area contributed by atoms with Gasteiger partial charge in [-0.15, -0.1) is 11.8 Å². The minimum atomic E-state index is -4.65. The molecule has 1 atom stereocenters. The molecule has 0 bridgehead atoms. The van der Waals surface area contributed by atoms with Gasteiger partial charge in [0.15, 0.2) is 0 Å². The van der Waals surface area contributed by atoms with Gasteiger partial charge in [-0.05, 0) is 49.2 Å². The first-order valence-electron chi connectivity index (χ1n) is 9.88. The lowest BCUT2D eigenvalue weighted by atomic mass is 10.1. The quantitative estimate of drug-likeness (QED) is 0.386. The van der Waals surface area contributed by atoms with Crippen molar-refractivity contribution in [2.24, 2.45) is 0 Å². The van der Waals surface area contributed by atoms with E-state index in [4.69, 9.17) is 11.6 Å². The van der Waals surface area contributed by atoms with Gasteiger partial charge in [-0.3, -0.25) is 9.59 Å². The van der Waals surface area contributed by atoms with E-state index in [1.807, 2.05) is 6.92 Å². The number of carbonyl (C=O) groups excluding carboxylic acids is 2. The Morgan fingerprint density at radius 1 is 1.10 bits per heavy atom. The molecule has 2 aromatic carbocycles. The van der Waals surface area contributed by atoms with Gasteiger partial charge < -0.3 is 10.6 Å². The molecule has 9 heteroatoms. The number of thioether (sulfide) groups is 1. The minimum absolute atomic E-state index is 0.0652. The van der Waals surface area contributed by atoms with E-state index < -0.39 is 22.9 Å². The number of anilines is 2. The third-order valence-corrected chi connectivity index (χ3v) is 5.95. The van der Waals surface area contributed by atoms with Gasteiger partial charge in [-0.2, -0.15) is 13.2 Å². The van der Waals surface area contributed by atoms with Crippen molar-refractivity contribution < 1.29 is 22.8 Å². The van der Waals surface area contributed by atoms with Crippen LogP contribution in [0.5, 0.6) is 0 Å². The van der Waals surface area contributed by atoms with Crippen molar-refractivity contribution in [3.8, 4) is 0 Å². The summed E-state index contributed by atoms with van der Waals surface area (Å²) in [5.41, 5.74) is -0.721. The molecule has 0 saturated heterocycles. The predicted molar refractivity (Wildman–Crippen MR) is 120 cm³/mol. The highest BCUT2D eigenvalue weighted by atomic mass is 35.5. The van der Waals surface area contributed by atoms with Gasteiger partial charge in [-0.25, -0.2) is 0 Å². The average Bonchev–Trinajstić information content (AvgIpc) is 2.71. The smallest absolute Gasteiger partial charge is 0.326 e. The normalized spacial score (nSPS) is 12.3. The fourth-order valence-electron chi connectivity index (χ4n) is 2.77. The first kappa shape index (κ1) is 25.1. The number of hydrogen-bond acceptors (Lipinski definition) is 3. The van der Waals surface area contributed by atoms with Crippen LogP contribution in [0, 0.1) is 0 Å².